The summed E-state index contributed by atoms with van der Waals surface area (Å²) < 4.78 is 0. The van der Waals surface area contributed by atoms with E-state index in [4.69, 9.17) is 11.6 Å². The summed E-state index contributed by atoms with van der Waals surface area (Å²) in [6, 6.07) is 7.19. The predicted octanol–water partition coefficient (Wildman–Crippen LogP) is 4.18. The molecule has 0 fully saturated rings. The first kappa shape index (κ1) is 13.5. The molecule has 0 amide bonds. The molecule has 2 nitrogen and oxygen atoms in total. The van der Waals surface area contributed by atoms with E-state index < -0.39 is 6.10 Å². The molecule has 1 N–H and O–H groups in total. The molecule has 2 aromatic rings. The first-order chi connectivity index (χ1) is 8.38. The fourth-order valence-corrected chi connectivity index (χ4v) is 2.62. The van der Waals surface area contributed by atoms with Crippen LogP contribution in [0.3, 0.4) is 0 Å². The van der Waals surface area contributed by atoms with Crippen molar-refractivity contribution in [2.75, 3.05) is 0 Å². The van der Waals surface area contributed by atoms with E-state index in [9.17, 15) is 5.11 Å². The van der Waals surface area contributed by atoms with Gasteiger partial charge in [-0.15, -0.1) is 11.3 Å². The highest BCUT2D eigenvalue weighted by Crippen LogP contribution is 2.30. The van der Waals surface area contributed by atoms with E-state index in [-0.39, 0.29) is 5.41 Å². The third kappa shape index (κ3) is 2.91. The minimum absolute atomic E-state index is 0.0165. The Morgan fingerprint density at radius 2 is 1.83 bits per heavy atom. The van der Waals surface area contributed by atoms with Gasteiger partial charge in [0.1, 0.15) is 6.10 Å². The summed E-state index contributed by atoms with van der Waals surface area (Å²) in [5.74, 6) is 0. The molecule has 0 radical (unpaired) electrons. The minimum Gasteiger partial charge on any atom is -0.382 e. The van der Waals surface area contributed by atoms with E-state index >= 15 is 0 Å². The number of thiazole rings is 1. The fourth-order valence-electron chi connectivity index (χ4n) is 1.57. The van der Waals surface area contributed by atoms with Crippen molar-refractivity contribution < 1.29 is 5.11 Å². The van der Waals surface area contributed by atoms with Gasteiger partial charge in [0.15, 0.2) is 0 Å². The molecule has 0 spiro atoms. The van der Waals surface area contributed by atoms with Gasteiger partial charge in [-0.1, -0.05) is 44.5 Å². The van der Waals surface area contributed by atoms with Gasteiger partial charge in [0.05, 0.1) is 10.7 Å². The van der Waals surface area contributed by atoms with Crippen LogP contribution < -0.4 is 0 Å². The summed E-state index contributed by atoms with van der Waals surface area (Å²) >= 11 is 7.42. The van der Waals surface area contributed by atoms with Crippen molar-refractivity contribution in [3.63, 3.8) is 0 Å². The van der Waals surface area contributed by atoms with Crippen molar-refractivity contribution in [1.29, 1.82) is 0 Å². The molecular formula is C14H16ClNOS. The van der Waals surface area contributed by atoms with Gasteiger partial charge in [-0.2, -0.15) is 0 Å². The van der Waals surface area contributed by atoms with E-state index in [1.165, 1.54) is 0 Å². The molecule has 1 heterocycles. The van der Waals surface area contributed by atoms with Crippen molar-refractivity contribution in [3.05, 3.63) is 50.9 Å². The van der Waals surface area contributed by atoms with Gasteiger partial charge in [0, 0.05) is 15.8 Å². The smallest absolute Gasteiger partial charge is 0.122 e. The molecule has 1 unspecified atom stereocenters. The largest absolute Gasteiger partial charge is 0.382 e. The first-order valence-electron chi connectivity index (χ1n) is 5.77. The van der Waals surface area contributed by atoms with Crippen LogP contribution >= 0.6 is 22.9 Å². The number of aromatic nitrogens is 1. The van der Waals surface area contributed by atoms with Gasteiger partial charge in [0.25, 0.3) is 0 Å². The highest BCUT2D eigenvalue weighted by Gasteiger charge is 2.21. The van der Waals surface area contributed by atoms with E-state index in [1.807, 2.05) is 17.5 Å². The number of hydrogen-bond donors (Lipinski definition) is 1. The Balaban J connectivity index is 2.26. The fraction of sp³-hybridized carbons (Fsp3) is 0.357. The van der Waals surface area contributed by atoms with Crippen molar-refractivity contribution in [1.82, 2.24) is 4.98 Å². The Morgan fingerprint density at radius 1 is 1.22 bits per heavy atom. The molecule has 0 saturated carbocycles. The Hall–Kier alpha value is -0.900. The van der Waals surface area contributed by atoms with Crippen LogP contribution in [0.1, 0.15) is 43.1 Å². The average Bonchev–Trinajstić information content (AvgIpc) is 2.78. The standard InChI is InChI=1S/C14H16ClNOS/c1-14(2,3)13-16-11(8-18-13)12(17)9-4-6-10(15)7-5-9/h4-8,12,17H,1-3H3. The van der Waals surface area contributed by atoms with Crippen molar-refractivity contribution in [3.8, 4) is 0 Å². The van der Waals surface area contributed by atoms with E-state index in [2.05, 4.69) is 25.8 Å². The van der Waals surface area contributed by atoms with E-state index in [0.29, 0.717) is 10.7 Å². The summed E-state index contributed by atoms with van der Waals surface area (Å²) in [6.45, 7) is 6.35. The Kier molecular flexibility index (Phi) is 3.76. The molecule has 2 rings (SSSR count). The highest BCUT2D eigenvalue weighted by molar-refractivity contribution is 7.09. The molecule has 4 heteroatoms. The second-order valence-electron chi connectivity index (χ2n) is 5.28. The third-order valence-corrected chi connectivity index (χ3v) is 4.17. The van der Waals surface area contributed by atoms with Gasteiger partial charge in [-0.3, -0.25) is 0 Å². The molecule has 0 aliphatic rings. The molecule has 0 aliphatic heterocycles. The number of hydrogen-bond acceptors (Lipinski definition) is 3. The Bertz CT molecular complexity index is 527. The maximum atomic E-state index is 10.3. The molecule has 1 atom stereocenters. The zero-order valence-electron chi connectivity index (χ0n) is 10.6. The van der Waals surface area contributed by atoms with Crippen LogP contribution in [0.15, 0.2) is 29.6 Å². The van der Waals surface area contributed by atoms with E-state index in [1.54, 1.807) is 23.5 Å². The molecule has 96 valence electrons. The monoisotopic (exact) mass is 281 g/mol. The van der Waals surface area contributed by atoms with Crippen LogP contribution in [-0.4, -0.2) is 10.1 Å². The third-order valence-electron chi connectivity index (χ3n) is 2.63. The van der Waals surface area contributed by atoms with Gasteiger partial charge in [0.2, 0.25) is 0 Å². The number of rotatable bonds is 2. The molecular weight excluding hydrogens is 266 g/mol. The topological polar surface area (TPSA) is 33.1 Å². The first-order valence-corrected chi connectivity index (χ1v) is 7.03. The lowest BCUT2D eigenvalue weighted by atomic mass is 9.98. The lowest BCUT2D eigenvalue weighted by Gasteiger charge is -2.14. The van der Waals surface area contributed by atoms with Crippen molar-refractivity contribution in [2.45, 2.75) is 32.3 Å². The zero-order chi connectivity index (χ0) is 13.3. The second-order valence-corrected chi connectivity index (χ2v) is 6.58. The quantitative estimate of drug-likeness (QED) is 0.896. The van der Waals surface area contributed by atoms with Crippen LogP contribution in [0.4, 0.5) is 0 Å². The van der Waals surface area contributed by atoms with Gasteiger partial charge < -0.3 is 5.11 Å². The Labute approximate surface area is 116 Å². The predicted molar refractivity (Wildman–Crippen MR) is 76.3 cm³/mol. The Morgan fingerprint density at radius 3 is 2.33 bits per heavy atom. The number of halogens is 1. The number of aliphatic hydroxyl groups excluding tert-OH is 1. The van der Waals surface area contributed by atoms with Crippen LogP contribution in [0, 0.1) is 0 Å². The molecule has 18 heavy (non-hydrogen) atoms. The van der Waals surface area contributed by atoms with Crippen molar-refractivity contribution >= 4 is 22.9 Å². The number of nitrogens with zero attached hydrogens (tertiary/aromatic N) is 1. The van der Waals surface area contributed by atoms with E-state index in [0.717, 1.165) is 10.6 Å². The van der Waals surface area contributed by atoms with Gasteiger partial charge in [-0.25, -0.2) is 4.98 Å². The van der Waals surface area contributed by atoms with Gasteiger partial charge in [-0.05, 0) is 17.7 Å². The maximum Gasteiger partial charge on any atom is 0.122 e. The van der Waals surface area contributed by atoms with Crippen LogP contribution in [0.5, 0.6) is 0 Å². The van der Waals surface area contributed by atoms with Crippen molar-refractivity contribution in [2.24, 2.45) is 0 Å². The van der Waals surface area contributed by atoms with Crippen LogP contribution in [0.2, 0.25) is 5.02 Å². The number of benzene rings is 1. The lowest BCUT2D eigenvalue weighted by Crippen LogP contribution is -2.11. The normalized spacial score (nSPS) is 13.6. The molecule has 0 aliphatic carbocycles. The van der Waals surface area contributed by atoms with Crippen LogP contribution in [-0.2, 0) is 5.41 Å². The molecule has 0 bridgehead atoms. The number of aliphatic hydroxyl groups is 1. The summed E-state index contributed by atoms with van der Waals surface area (Å²) in [5.41, 5.74) is 1.53. The summed E-state index contributed by atoms with van der Waals surface area (Å²) in [6.07, 6.45) is -0.686. The summed E-state index contributed by atoms with van der Waals surface area (Å²) in [4.78, 5) is 4.52. The molecule has 0 saturated heterocycles. The van der Waals surface area contributed by atoms with Crippen LogP contribution in [0.25, 0.3) is 0 Å². The minimum atomic E-state index is -0.686. The highest BCUT2D eigenvalue weighted by atomic mass is 35.5. The molecule has 1 aromatic heterocycles. The average molecular weight is 282 g/mol. The summed E-state index contributed by atoms with van der Waals surface area (Å²) in [7, 11) is 0. The molecule has 1 aromatic carbocycles. The SMILES string of the molecule is CC(C)(C)c1nc(C(O)c2ccc(Cl)cc2)cs1. The zero-order valence-corrected chi connectivity index (χ0v) is 12.2. The second kappa shape index (κ2) is 5.00. The lowest BCUT2D eigenvalue weighted by molar-refractivity contribution is 0.215. The maximum absolute atomic E-state index is 10.3. The summed E-state index contributed by atoms with van der Waals surface area (Å²) in [5, 5.41) is 13.9. The van der Waals surface area contributed by atoms with Gasteiger partial charge >= 0.3 is 0 Å².